The first-order valence-electron chi connectivity index (χ1n) is 7.05. The molecule has 0 saturated carbocycles. The molecule has 110 valence electrons. The summed E-state index contributed by atoms with van der Waals surface area (Å²) in [5, 5.41) is 0. The van der Waals surface area contributed by atoms with Crippen LogP contribution in [-0.2, 0) is 9.31 Å². The highest BCUT2D eigenvalue weighted by molar-refractivity contribution is 6.63. The summed E-state index contributed by atoms with van der Waals surface area (Å²) < 4.78 is 31.1. The molecule has 1 heterocycles. The topological polar surface area (TPSA) is 27.7 Å². The molecule has 0 amide bonds. The molecule has 0 atom stereocenters. The van der Waals surface area contributed by atoms with Crippen LogP contribution < -0.4 is 10.2 Å². The van der Waals surface area contributed by atoms with E-state index < -0.39 is 18.3 Å². The van der Waals surface area contributed by atoms with Crippen molar-refractivity contribution < 1.29 is 18.4 Å². The Morgan fingerprint density at radius 2 is 1.75 bits per heavy atom. The maximum atomic E-state index is 13.5. The van der Waals surface area contributed by atoms with Gasteiger partial charge in [-0.1, -0.05) is 6.92 Å². The summed E-state index contributed by atoms with van der Waals surface area (Å²) in [5.41, 5.74) is -0.296. The first kappa shape index (κ1) is 15.3. The minimum Gasteiger partial charge on any atom is -0.494 e. The largest absolute Gasteiger partial charge is 0.498 e. The highest BCUT2D eigenvalue weighted by Crippen LogP contribution is 2.37. The monoisotopic (exact) mass is 280 g/mol. The standard InChI is InChI=1S/C15H22BFO3/c1-6-9-18-13-8-7-11(17)10-12(13)16-19-14(2,3)15(4,5)20-16/h7-8,10H,6,9H2,1-5H3. The quantitative estimate of drug-likeness (QED) is 0.794. The highest BCUT2D eigenvalue weighted by atomic mass is 19.1. The lowest BCUT2D eigenvalue weighted by molar-refractivity contribution is 0.00578. The number of ether oxygens (including phenoxy) is 1. The summed E-state index contributed by atoms with van der Waals surface area (Å²) in [6.07, 6.45) is 0.889. The Hall–Kier alpha value is -1.07. The summed E-state index contributed by atoms with van der Waals surface area (Å²) in [4.78, 5) is 0. The van der Waals surface area contributed by atoms with Gasteiger partial charge in [0.15, 0.2) is 0 Å². The van der Waals surface area contributed by atoms with Crippen LogP contribution in [0.5, 0.6) is 5.75 Å². The predicted octanol–water partition coefficient (Wildman–Crippen LogP) is 2.91. The smallest absolute Gasteiger partial charge is 0.494 e. The molecular formula is C15H22BFO3. The molecule has 1 aromatic rings. The van der Waals surface area contributed by atoms with Crippen LogP contribution in [0.15, 0.2) is 18.2 Å². The Bertz CT molecular complexity index is 472. The van der Waals surface area contributed by atoms with Crippen molar-refractivity contribution in [3.63, 3.8) is 0 Å². The van der Waals surface area contributed by atoms with E-state index in [9.17, 15) is 4.39 Å². The first-order valence-corrected chi connectivity index (χ1v) is 7.05. The molecule has 0 aromatic heterocycles. The molecule has 2 rings (SSSR count). The van der Waals surface area contributed by atoms with Gasteiger partial charge in [-0.2, -0.15) is 0 Å². The molecule has 0 bridgehead atoms. The minimum absolute atomic E-state index is 0.321. The van der Waals surface area contributed by atoms with Crippen LogP contribution in [0.4, 0.5) is 4.39 Å². The van der Waals surface area contributed by atoms with Crippen LogP contribution in [0, 0.1) is 5.82 Å². The Labute approximate surface area is 120 Å². The van der Waals surface area contributed by atoms with Crippen LogP contribution in [0.2, 0.25) is 0 Å². The van der Waals surface area contributed by atoms with Crippen LogP contribution in [0.25, 0.3) is 0 Å². The second-order valence-corrected chi connectivity index (χ2v) is 6.12. The van der Waals surface area contributed by atoms with Crippen molar-refractivity contribution >= 4 is 12.6 Å². The van der Waals surface area contributed by atoms with Crippen LogP contribution in [0.3, 0.4) is 0 Å². The zero-order chi connectivity index (χ0) is 15.0. The van der Waals surface area contributed by atoms with Crippen molar-refractivity contribution in [2.45, 2.75) is 52.2 Å². The fourth-order valence-corrected chi connectivity index (χ4v) is 2.02. The van der Waals surface area contributed by atoms with Crippen LogP contribution >= 0.6 is 0 Å². The number of halogens is 1. The van der Waals surface area contributed by atoms with Crippen molar-refractivity contribution in [1.29, 1.82) is 0 Å². The first-order chi connectivity index (χ1) is 9.27. The van der Waals surface area contributed by atoms with Crippen molar-refractivity contribution in [2.24, 2.45) is 0 Å². The van der Waals surface area contributed by atoms with Gasteiger partial charge in [0.05, 0.1) is 17.8 Å². The van der Waals surface area contributed by atoms with Gasteiger partial charge in [-0.25, -0.2) is 4.39 Å². The second kappa shape index (κ2) is 5.37. The van der Waals surface area contributed by atoms with Gasteiger partial charge in [-0.15, -0.1) is 0 Å². The molecule has 5 heteroatoms. The highest BCUT2D eigenvalue weighted by Gasteiger charge is 2.52. The van der Waals surface area contributed by atoms with Gasteiger partial charge in [0.25, 0.3) is 0 Å². The van der Waals surface area contributed by atoms with E-state index in [1.807, 2.05) is 34.6 Å². The van der Waals surface area contributed by atoms with Gasteiger partial charge in [0, 0.05) is 5.46 Å². The molecule has 1 aliphatic heterocycles. The molecule has 0 aliphatic carbocycles. The summed E-state index contributed by atoms with van der Waals surface area (Å²) in [5.74, 6) is 0.297. The zero-order valence-corrected chi connectivity index (χ0v) is 12.8. The van der Waals surface area contributed by atoms with Crippen molar-refractivity contribution in [1.82, 2.24) is 0 Å². The molecule has 0 radical (unpaired) electrons. The minimum atomic E-state index is -0.609. The molecule has 1 fully saturated rings. The predicted molar refractivity (Wildman–Crippen MR) is 77.9 cm³/mol. The molecule has 20 heavy (non-hydrogen) atoms. The summed E-state index contributed by atoms with van der Waals surface area (Å²) in [6.45, 7) is 10.5. The van der Waals surface area contributed by atoms with E-state index in [-0.39, 0.29) is 5.82 Å². The Balaban J connectivity index is 2.31. The Morgan fingerprint density at radius 1 is 1.15 bits per heavy atom. The average Bonchev–Trinajstić information content (AvgIpc) is 2.57. The lowest BCUT2D eigenvalue weighted by Gasteiger charge is -2.32. The number of rotatable bonds is 4. The fraction of sp³-hybridized carbons (Fsp3) is 0.600. The van der Waals surface area contributed by atoms with E-state index in [0.717, 1.165) is 6.42 Å². The molecule has 1 aliphatic rings. The van der Waals surface area contributed by atoms with E-state index in [0.29, 0.717) is 17.8 Å². The molecule has 3 nitrogen and oxygen atoms in total. The maximum absolute atomic E-state index is 13.5. The van der Waals surface area contributed by atoms with Gasteiger partial charge < -0.3 is 14.0 Å². The number of hydrogen-bond donors (Lipinski definition) is 0. The molecule has 1 aromatic carbocycles. The van der Waals surface area contributed by atoms with Crippen LogP contribution in [-0.4, -0.2) is 24.9 Å². The lowest BCUT2D eigenvalue weighted by Crippen LogP contribution is -2.41. The third-order valence-corrected chi connectivity index (χ3v) is 3.94. The van der Waals surface area contributed by atoms with Crippen molar-refractivity contribution in [2.75, 3.05) is 6.61 Å². The van der Waals surface area contributed by atoms with E-state index in [1.165, 1.54) is 12.1 Å². The third kappa shape index (κ3) is 2.84. The third-order valence-electron chi connectivity index (χ3n) is 3.94. The number of benzene rings is 1. The maximum Gasteiger partial charge on any atom is 0.498 e. The van der Waals surface area contributed by atoms with Crippen molar-refractivity contribution in [3.05, 3.63) is 24.0 Å². The molecular weight excluding hydrogens is 258 g/mol. The molecule has 1 saturated heterocycles. The molecule has 0 N–H and O–H groups in total. The van der Waals surface area contributed by atoms with Gasteiger partial charge in [-0.3, -0.25) is 0 Å². The van der Waals surface area contributed by atoms with Gasteiger partial charge >= 0.3 is 7.12 Å². The number of hydrogen-bond acceptors (Lipinski definition) is 3. The SMILES string of the molecule is CCCOc1ccc(F)cc1B1OC(C)(C)C(C)(C)O1. The van der Waals surface area contributed by atoms with Gasteiger partial charge in [-0.05, 0) is 52.3 Å². The summed E-state index contributed by atoms with van der Waals surface area (Å²) in [6, 6.07) is 4.44. The van der Waals surface area contributed by atoms with E-state index in [2.05, 4.69) is 0 Å². The van der Waals surface area contributed by atoms with Gasteiger partial charge in [0.2, 0.25) is 0 Å². The average molecular weight is 280 g/mol. The lowest BCUT2D eigenvalue weighted by atomic mass is 9.78. The molecule has 0 spiro atoms. The fourth-order valence-electron chi connectivity index (χ4n) is 2.02. The second-order valence-electron chi connectivity index (χ2n) is 6.12. The summed E-state index contributed by atoms with van der Waals surface area (Å²) in [7, 11) is -0.609. The van der Waals surface area contributed by atoms with E-state index in [4.69, 9.17) is 14.0 Å². The normalized spacial score (nSPS) is 20.2. The Morgan fingerprint density at radius 3 is 2.30 bits per heavy atom. The van der Waals surface area contributed by atoms with E-state index >= 15 is 0 Å². The van der Waals surface area contributed by atoms with Crippen molar-refractivity contribution in [3.8, 4) is 5.75 Å². The van der Waals surface area contributed by atoms with Crippen LogP contribution in [0.1, 0.15) is 41.0 Å². The zero-order valence-electron chi connectivity index (χ0n) is 12.8. The summed E-state index contributed by atoms with van der Waals surface area (Å²) >= 11 is 0. The Kier molecular flexibility index (Phi) is 4.12. The van der Waals surface area contributed by atoms with E-state index in [1.54, 1.807) is 6.07 Å². The van der Waals surface area contributed by atoms with Gasteiger partial charge in [0.1, 0.15) is 11.6 Å². The molecule has 0 unspecified atom stereocenters.